The molecule has 1 aliphatic rings. The summed E-state index contributed by atoms with van der Waals surface area (Å²) >= 11 is 3.54. The van der Waals surface area contributed by atoms with Crippen LogP contribution in [0.3, 0.4) is 0 Å². The quantitative estimate of drug-likeness (QED) is 0.604. The van der Waals surface area contributed by atoms with E-state index < -0.39 is 0 Å². The highest BCUT2D eigenvalue weighted by atomic mass is 79.9. The fourth-order valence-corrected chi connectivity index (χ4v) is 3.45. The van der Waals surface area contributed by atoms with Crippen molar-refractivity contribution < 1.29 is 10.2 Å². The molecule has 0 bridgehead atoms. The number of phenolic OH excluding ortho intramolecular Hbond substituents is 2. The van der Waals surface area contributed by atoms with Gasteiger partial charge in [0.25, 0.3) is 0 Å². The van der Waals surface area contributed by atoms with Crippen LogP contribution < -0.4 is 0 Å². The normalized spacial score (nSPS) is 13.3. The van der Waals surface area contributed by atoms with Crippen LogP contribution in [0, 0.1) is 5.92 Å². The van der Waals surface area contributed by atoms with Gasteiger partial charge >= 0.3 is 0 Å². The maximum Gasteiger partial charge on any atom is 0.115 e. The summed E-state index contributed by atoms with van der Waals surface area (Å²) in [7, 11) is 0. The first-order chi connectivity index (χ1) is 12.2. The largest absolute Gasteiger partial charge is 0.508 e. The lowest BCUT2D eigenvalue weighted by Gasteiger charge is -2.20. The zero-order valence-electron chi connectivity index (χ0n) is 13.9. The fourth-order valence-electron chi connectivity index (χ4n) is 3.17. The average Bonchev–Trinajstić information content (AvgIpc) is 3.15. The Kier molecular flexibility index (Phi) is 5.77. The van der Waals surface area contributed by atoms with Crippen molar-refractivity contribution in [1.82, 2.24) is 0 Å². The number of phenols is 2. The van der Waals surface area contributed by atoms with Crippen molar-refractivity contribution in [1.29, 1.82) is 0 Å². The summed E-state index contributed by atoms with van der Waals surface area (Å²) in [6.45, 7) is 0. The van der Waals surface area contributed by atoms with E-state index in [1.54, 1.807) is 24.3 Å². The average molecular weight is 397 g/mol. The Hall–Kier alpha value is -2.26. The highest BCUT2D eigenvalue weighted by Crippen LogP contribution is 2.36. The molecule has 0 amide bonds. The molecule has 2 aromatic rings. The molecule has 25 heavy (non-hydrogen) atoms. The van der Waals surface area contributed by atoms with Gasteiger partial charge in [0.15, 0.2) is 0 Å². The van der Waals surface area contributed by atoms with Gasteiger partial charge in [0.1, 0.15) is 11.5 Å². The number of benzene rings is 2. The van der Waals surface area contributed by atoms with Crippen LogP contribution in [0.2, 0.25) is 0 Å². The molecule has 0 aliphatic heterocycles. The molecule has 3 rings (SSSR count). The monoisotopic (exact) mass is 396 g/mol. The summed E-state index contributed by atoms with van der Waals surface area (Å²) in [5.41, 5.74) is 4.66. The van der Waals surface area contributed by atoms with Crippen molar-refractivity contribution in [3.8, 4) is 11.5 Å². The smallest absolute Gasteiger partial charge is 0.115 e. The molecule has 0 aromatic heterocycles. The molecule has 0 fully saturated rings. The number of hydrogen-bond donors (Lipinski definition) is 2. The van der Waals surface area contributed by atoms with E-state index >= 15 is 0 Å². The van der Waals surface area contributed by atoms with E-state index in [1.165, 1.54) is 11.1 Å². The van der Waals surface area contributed by atoms with Crippen LogP contribution in [0.4, 0.5) is 0 Å². The van der Waals surface area contributed by atoms with Crippen molar-refractivity contribution in [2.75, 3.05) is 5.33 Å². The standard InChI is InChI=1S/C22H21BrO2/c23-15-3-6-21(16-4-1-2-5-16)22(17-7-11-19(24)12-8-17)18-9-13-20(25)14-10-18/h1-2,4-5,7-14,16,24-25H,3,6,15H2. The molecule has 0 spiro atoms. The molecule has 128 valence electrons. The Bertz CT molecular complexity index is 739. The Labute approximate surface area is 157 Å². The van der Waals surface area contributed by atoms with Gasteiger partial charge in [-0.15, -0.1) is 0 Å². The molecular weight excluding hydrogens is 376 g/mol. The zero-order valence-corrected chi connectivity index (χ0v) is 15.5. The number of halogens is 1. The maximum absolute atomic E-state index is 9.66. The van der Waals surface area contributed by atoms with Crippen LogP contribution in [-0.4, -0.2) is 15.5 Å². The Balaban J connectivity index is 2.18. The third kappa shape index (κ3) is 4.23. The van der Waals surface area contributed by atoms with Crippen LogP contribution in [0.25, 0.3) is 5.57 Å². The minimum absolute atomic E-state index is 0.261. The summed E-state index contributed by atoms with van der Waals surface area (Å²) in [6.07, 6.45) is 10.6. The zero-order chi connectivity index (χ0) is 17.6. The van der Waals surface area contributed by atoms with E-state index in [-0.39, 0.29) is 17.4 Å². The second kappa shape index (κ2) is 8.21. The van der Waals surface area contributed by atoms with Crippen molar-refractivity contribution in [2.45, 2.75) is 12.8 Å². The van der Waals surface area contributed by atoms with Gasteiger partial charge in [0.2, 0.25) is 0 Å². The van der Waals surface area contributed by atoms with E-state index in [0.29, 0.717) is 0 Å². The van der Waals surface area contributed by atoms with Crippen LogP contribution in [0.15, 0.2) is 78.4 Å². The summed E-state index contributed by atoms with van der Waals surface area (Å²) in [5.74, 6) is 0.796. The third-order valence-electron chi connectivity index (χ3n) is 4.36. The van der Waals surface area contributed by atoms with Crippen LogP contribution in [-0.2, 0) is 0 Å². The van der Waals surface area contributed by atoms with Gasteiger partial charge in [-0.25, -0.2) is 0 Å². The summed E-state index contributed by atoms with van der Waals surface area (Å²) in [4.78, 5) is 0. The van der Waals surface area contributed by atoms with Crippen LogP contribution in [0.5, 0.6) is 11.5 Å². The number of aromatic hydroxyl groups is 2. The molecule has 0 saturated heterocycles. The predicted octanol–water partition coefficient (Wildman–Crippen LogP) is 5.82. The minimum atomic E-state index is 0.261. The fraction of sp³-hybridized carbons (Fsp3) is 0.182. The van der Waals surface area contributed by atoms with Crippen LogP contribution >= 0.6 is 15.9 Å². The first-order valence-electron chi connectivity index (χ1n) is 8.42. The Morgan fingerprint density at radius 3 is 1.72 bits per heavy atom. The summed E-state index contributed by atoms with van der Waals surface area (Å²) < 4.78 is 0. The Morgan fingerprint density at radius 1 is 0.800 bits per heavy atom. The first-order valence-corrected chi connectivity index (χ1v) is 9.54. The second-order valence-corrected chi connectivity index (χ2v) is 6.88. The highest BCUT2D eigenvalue weighted by Gasteiger charge is 2.18. The molecule has 2 N–H and O–H groups in total. The molecule has 1 aliphatic carbocycles. The van der Waals surface area contributed by atoms with Crippen molar-refractivity contribution >= 4 is 21.5 Å². The minimum Gasteiger partial charge on any atom is -0.508 e. The molecule has 0 radical (unpaired) electrons. The summed E-state index contributed by atoms with van der Waals surface area (Å²) in [6, 6.07) is 14.7. The highest BCUT2D eigenvalue weighted by molar-refractivity contribution is 9.09. The van der Waals surface area contributed by atoms with Gasteiger partial charge in [0.05, 0.1) is 0 Å². The number of hydrogen-bond acceptors (Lipinski definition) is 2. The number of allylic oxidation sites excluding steroid dienone is 5. The lowest BCUT2D eigenvalue weighted by atomic mass is 9.84. The second-order valence-electron chi connectivity index (χ2n) is 6.08. The first kappa shape index (κ1) is 17.6. The lowest BCUT2D eigenvalue weighted by molar-refractivity contribution is 0.475. The van der Waals surface area contributed by atoms with E-state index in [9.17, 15) is 10.2 Å². The molecule has 0 saturated carbocycles. The van der Waals surface area contributed by atoms with Crippen LogP contribution in [0.1, 0.15) is 24.0 Å². The van der Waals surface area contributed by atoms with Crippen molar-refractivity contribution in [3.63, 3.8) is 0 Å². The van der Waals surface area contributed by atoms with Gasteiger partial charge in [0, 0.05) is 11.2 Å². The van der Waals surface area contributed by atoms with E-state index in [0.717, 1.165) is 29.3 Å². The van der Waals surface area contributed by atoms with Gasteiger partial charge in [-0.05, 0) is 53.8 Å². The molecule has 0 atom stereocenters. The van der Waals surface area contributed by atoms with Crippen molar-refractivity contribution in [2.24, 2.45) is 5.92 Å². The third-order valence-corrected chi connectivity index (χ3v) is 4.92. The van der Waals surface area contributed by atoms with E-state index in [4.69, 9.17) is 0 Å². The Morgan fingerprint density at radius 2 is 1.28 bits per heavy atom. The molecular formula is C22H21BrO2. The summed E-state index contributed by atoms with van der Waals surface area (Å²) in [5, 5.41) is 20.3. The van der Waals surface area contributed by atoms with E-state index in [2.05, 4.69) is 40.2 Å². The SMILES string of the molecule is Oc1ccc(C(=C(CCCBr)C2C=CC=C2)c2ccc(O)cc2)cc1. The predicted molar refractivity (Wildman–Crippen MR) is 107 cm³/mol. The lowest BCUT2D eigenvalue weighted by Crippen LogP contribution is -2.03. The van der Waals surface area contributed by atoms with E-state index in [1.807, 2.05) is 24.3 Å². The number of rotatable bonds is 6. The molecule has 0 unspecified atom stereocenters. The van der Waals surface area contributed by atoms with Crippen molar-refractivity contribution in [3.05, 3.63) is 89.5 Å². The molecule has 2 aromatic carbocycles. The van der Waals surface area contributed by atoms with Gasteiger partial charge in [-0.1, -0.05) is 70.1 Å². The molecule has 2 nitrogen and oxygen atoms in total. The molecule has 3 heteroatoms. The van der Waals surface area contributed by atoms with Gasteiger partial charge in [-0.3, -0.25) is 0 Å². The van der Waals surface area contributed by atoms with Gasteiger partial charge in [-0.2, -0.15) is 0 Å². The maximum atomic E-state index is 9.66. The number of alkyl halides is 1. The van der Waals surface area contributed by atoms with Gasteiger partial charge < -0.3 is 10.2 Å². The topological polar surface area (TPSA) is 40.5 Å². The molecule has 0 heterocycles.